The van der Waals surface area contributed by atoms with E-state index in [1.165, 1.54) is 7.11 Å². The number of aromatic nitrogens is 1. The van der Waals surface area contributed by atoms with Gasteiger partial charge in [-0.25, -0.2) is 4.79 Å². The number of pyridine rings is 1. The van der Waals surface area contributed by atoms with Gasteiger partial charge in [0, 0.05) is 29.6 Å². The molecule has 8 nitrogen and oxygen atoms in total. The summed E-state index contributed by atoms with van der Waals surface area (Å²) in [5.74, 6) is -1.52. The molecule has 3 aromatic rings. The average Bonchev–Trinajstić information content (AvgIpc) is 3.11. The third-order valence-corrected chi connectivity index (χ3v) is 6.46. The van der Waals surface area contributed by atoms with E-state index in [0.29, 0.717) is 29.9 Å². The molecule has 1 atom stereocenters. The van der Waals surface area contributed by atoms with E-state index in [2.05, 4.69) is 5.32 Å². The molecule has 1 unspecified atom stereocenters. The zero-order chi connectivity index (χ0) is 24.0. The van der Waals surface area contributed by atoms with Gasteiger partial charge >= 0.3 is 5.97 Å². The van der Waals surface area contributed by atoms with Gasteiger partial charge in [0.15, 0.2) is 0 Å². The summed E-state index contributed by atoms with van der Waals surface area (Å²) in [5, 5.41) is 2.81. The Balaban J connectivity index is 1.78. The Morgan fingerprint density at radius 3 is 2.56 bits per heavy atom. The molecule has 0 radical (unpaired) electrons. The van der Waals surface area contributed by atoms with Gasteiger partial charge < -0.3 is 25.1 Å². The minimum atomic E-state index is -1.79. The first-order valence-corrected chi connectivity index (χ1v) is 10.9. The van der Waals surface area contributed by atoms with Gasteiger partial charge in [-0.15, -0.1) is 0 Å². The third-order valence-electron chi connectivity index (χ3n) is 6.46. The summed E-state index contributed by atoms with van der Waals surface area (Å²) in [5.41, 5.74) is 6.46. The number of hydrogen-bond donors (Lipinski definition) is 2. The van der Waals surface area contributed by atoms with Crippen LogP contribution < -0.4 is 21.3 Å². The number of aryl methyl sites for hydroxylation is 2. The summed E-state index contributed by atoms with van der Waals surface area (Å²) in [6.45, 7) is 2.18. The van der Waals surface area contributed by atoms with Crippen LogP contribution in [0.1, 0.15) is 22.4 Å². The van der Waals surface area contributed by atoms with E-state index in [4.69, 9.17) is 15.2 Å². The molecule has 0 fully saturated rings. The lowest BCUT2D eigenvalue weighted by molar-refractivity contribution is -0.138. The fourth-order valence-corrected chi connectivity index (χ4v) is 4.92. The summed E-state index contributed by atoms with van der Waals surface area (Å²) >= 11 is 0. The number of methoxy groups -OCH3 is 1. The van der Waals surface area contributed by atoms with Crippen molar-refractivity contribution in [3.8, 4) is 5.75 Å². The number of para-hydroxylation sites is 1. The lowest BCUT2D eigenvalue weighted by Gasteiger charge is -2.35. The summed E-state index contributed by atoms with van der Waals surface area (Å²) < 4.78 is 12.3. The van der Waals surface area contributed by atoms with Crippen LogP contribution in [0.3, 0.4) is 0 Å². The maximum absolute atomic E-state index is 14.0. The van der Waals surface area contributed by atoms with E-state index in [1.807, 2.05) is 30.3 Å². The Morgan fingerprint density at radius 2 is 1.82 bits per heavy atom. The van der Waals surface area contributed by atoms with E-state index in [1.54, 1.807) is 41.8 Å². The summed E-state index contributed by atoms with van der Waals surface area (Å²) in [4.78, 5) is 40.6. The van der Waals surface area contributed by atoms with Gasteiger partial charge in [-0.2, -0.15) is 0 Å². The molecule has 3 heterocycles. The molecule has 8 heteroatoms. The largest absolute Gasteiger partial charge is 0.465 e. The van der Waals surface area contributed by atoms with Crippen molar-refractivity contribution in [2.75, 3.05) is 12.4 Å². The predicted octanol–water partition coefficient (Wildman–Crippen LogP) is 2.37. The minimum Gasteiger partial charge on any atom is -0.465 e. The molecular formula is C26H23N3O5. The van der Waals surface area contributed by atoms with Crippen LogP contribution in [0.15, 0.2) is 76.9 Å². The van der Waals surface area contributed by atoms with Crippen LogP contribution in [0.5, 0.6) is 5.75 Å². The van der Waals surface area contributed by atoms with E-state index < -0.39 is 22.9 Å². The zero-order valence-electron chi connectivity index (χ0n) is 18.8. The number of carbonyl (C=O) groups excluding carboxylic acids is 2. The number of benzene rings is 2. The van der Waals surface area contributed by atoms with E-state index in [9.17, 15) is 14.4 Å². The van der Waals surface area contributed by atoms with Gasteiger partial charge in [0.05, 0.1) is 12.7 Å². The van der Waals surface area contributed by atoms with Gasteiger partial charge in [-0.3, -0.25) is 9.59 Å². The van der Waals surface area contributed by atoms with Crippen molar-refractivity contribution in [1.82, 2.24) is 4.57 Å². The molecule has 0 aliphatic carbocycles. The fraction of sp³-hybridized carbons (Fsp3) is 0.192. The lowest BCUT2D eigenvalue weighted by Crippen LogP contribution is -2.50. The highest BCUT2D eigenvalue weighted by atomic mass is 16.5. The molecule has 0 bridgehead atoms. The number of hydrogen-bond acceptors (Lipinski definition) is 6. The van der Waals surface area contributed by atoms with Gasteiger partial charge in [-0.1, -0.05) is 48.5 Å². The molecule has 0 saturated heterocycles. The van der Waals surface area contributed by atoms with Crippen LogP contribution >= 0.6 is 0 Å². The number of anilines is 1. The summed E-state index contributed by atoms with van der Waals surface area (Å²) in [7, 11) is 1.19. The maximum atomic E-state index is 14.0. The normalized spacial score (nSPS) is 18.2. The third kappa shape index (κ3) is 2.95. The number of fused-ring (bicyclic) bond motifs is 4. The van der Waals surface area contributed by atoms with Crippen LogP contribution in [0.4, 0.5) is 5.69 Å². The summed E-state index contributed by atoms with van der Waals surface area (Å²) in [6, 6.07) is 18.4. The Labute approximate surface area is 195 Å². The van der Waals surface area contributed by atoms with E-state index in [0.717, 1.165) is 5.56 Å². The Hall–Kier alpha value is -4.33. The Kier molecular flexibility index (Phi) is 5.01. The molecule has 2 aliphatic rings. The molecule has 34 heavy (non-hydrogen) atoms. The van der Waals surface area contributed by atoms with Crippen molar-refractivity contribution < 1.29 is 19.1 Å². The number of rotatable bonds is 4. The van der Waals surface area contributed by atoms with E-state index in [-0.39, 0.29) is 22.8 Å². The number of nitrogens with zero attached hydrogens (tertiary/aromatic N) is 1. The first kappa shape index (κ1) is 21.5. The molecule has 1 aromatic heterocycles. The van der Waals surface area contributed by atoms with Crippen LogP contribution in [0, 0.1) is 6.92 Å². The first-order valence-electron chi connectivity index (χ1n) is 10.9. The second-order valence-electron chi connectivity index (χ2n) is 8.30. The van der Waals surface area contributed by atoms with Crippen LogP contribution in [-0.4, -0.2) is 23.6 Å². The maximum Gasteiger partial charge on any atom is 0.340 e. The van der Waals surface area contributed by atoms with E-state index >= 15 is 0 Å². The second-order valence-corrected chi connectivity index (χ2v) is 8.30. The molecule has 5 rings (SSSR count). The molecule has 2 aliphatic heterocycles. The molecule has 1 spiro atoms. The molecule has 1 amide bonds. The van der Waals surface area contributed by atoms with Crippen LogP contribution in [0.25, 0.3) is 0 Å². The van der Waals surface area contributed by atoms with Crippen molar-refractivity contribution in [2.24, 2.45) is 5.73 Å². The van der Waals surface area contributed by atoms with Crippen molar-refractivity contribution in [2.45, 2.75) is 25.3 Å². The predicted molar refractivity (Wildman–Crippen MR) is 125 cm³/mol. The van der Waals surface area contributed by atoms with Crippen LogP contribution in [0.2, 0.25) is 0 Å². The number of nitrogens with two attached hydrogens (primary N) is 1. The topological polar surface area (TPSA) is 113 Å². The van der Waals surface area contributed by atoms with Crippen molar-refractivity contribution in [3.63, 3.8) is 0 Å². The fourth-order valence-electron chi connectivity index (χ4n) is 4.92. The van der Waals surface area contributed by atoms with Gasteiger partial charge in [0.25, 0.3) is 5.56 Å². The number of ether oxygens (including phenoxy) is 2. The van der Waals surface area contributed by atoms with Crippen molar-refractivity contribution >= 4 is 17.6 Å². The molecule has 2 aromatic carbocycles. The lowest BCUT2D eigenvalue weighted by atomic mass is 9.68. The molecular weight excluding hydrogens is 434 g/mol. The smallest absolute Gasteiger partial charge is 0.340 e. The monoisotopic (exact) mass is 457 g/mol. The number of carbonyl (C=O) groups is 2. The number of amides is 1. The number of esters is 1. The SMILES string of the molecule is COC(=O)C1=C(N)Oc2cc(C)n(CCc3ccccc3)c(=O)c2C12C(=O)Nc1ccccc12. The van der Waals surface area contributed by atoms with Gasteiger partial charge in [0.1, 0.15) is 16.7 Å². The molecule has 3 N–H and O–H groups in total. The first-order chi connectivity index (χ1) is 16.4. The zero-order valence-corrected chi connectivity index (χ0v) is 18.8. The Bertz CT molecular complexity index is 1420. The van der Waals surface area contributed by atoms with Crippen molar-refractivity contribution in [3.05, 3.63) is 105 Å². The summed E-state index contributed by atoms with van der Waals surface area (Å²) in [6.07, 6.45) is 0.610. The minimum absolute atomic E-state index is 0.0446. The second kappa shape index (κ2) is 7.91. The van der Waals surface area contributed by atoms with Gasteiger partial charge in [-0.05, 0) is 25.0 Å². The van der Waals surface area contributed by atoms with Crippen molar-refractivity contribution in [1.29, 1.82) is 0 Å². The van der Waals surface area contributed by atoms with Gasteiger partial charge in [0.2, 0.25) is 11.8 Å². The average molecular weight is 457 g/mol. The molecule has 172 valence electrons. The highest BCUT2D eigenvalue weighted by Gasteiger charge is 2.60. The highest BCUT2D eigenvalue weighted by molar-refractivity contribution is 6.17. The standard InChI is InChI=1S/C26H23N3O5/c1-15-14-19-20(23(30)29(15)13-12-16-8-4-3-5-9-16)26(21(22(27)34-19)24(31)33-2)17-10-6-7-11-18(17)28-25(26)32/h3-11,14H,12-13,27H2,1-2H3,(H,28,32). The molecule has 0 saturated carbocycles. The highest BCUT2D eigenvalue weighted by Crippen LogP contribution is 2.52. The van der Waals surface area contributed by atoms with Crippen LogP contribution in [-0.2, 0) is 32.7 Å². The quantitative estimate of drug-likeness (QED) is 0.582. The Morgan fingerprint density at radius 1 is 1.12 bits per heavy atom. The number of nitrogens with one attached hydrogen (secondary N) is 1.